The highest BCUT2D eigenvalue weighted by atomic mass is 16.3. The van der Waals surface area contributed by atoms with E-state index in [4.69, 9.17) is 0 Å². The molecule has 1 saturated heterocycles. The van der Waals surface area contributed by atoms with Crippen molar-refractivity contribution in [2.45, 2.75) is 43.6 Å². The summed E-state index contributed by atoms with van der Waals surface area (Å²) in [5, 5.41) is 33.3. The molecule has 1 saturated carbocycles. The molecule has 1 aromatic rings. The molecule has 0 radical (unpaired) electrons. The van der Waals surface area contributed by atoms with E-state index in [2.05, 4.69) is 5.32 Å². The number of rotatable bonds is 0. The molecule has 3 atom stereocenters. The Morgan fingerprint density at radius 2 is 2.05 bits per heavy atom. The van der Waals surface area contributed by atoms with Crippen molar-refractivity contribution >= 4 is 5.78 Å². The van der Waals surface area contributed by atoms with Crippen molar-refractivity contribution in [1.29, 1.82) is 0 Å². The molecule has 112 valence electrons. The molecule has 1 aromatic carbocycles. The lowest BCUT2D eigenvalue weighted by Gasteiger charge is -2.54. The zero-order chi connectivity index (χ0) is 14.8. The molecule has 21 heavy (non-hydrogen) atoms. The largest absolute Gasteiger partial charge is 0.504 e. The van der Waals surface area contributed by atoms with Gasteiger partial charge in [-0.2, -0.15) is 0 Å². The van der Waals surface area contributed by atoms with Gasteiger partial charge in [0, 0.05) is 18.0 Å². The molecule has 4 rings (SSSR count). The van der Waals surface area contributed by atoms with Crippen LogP contribution in [0, 0.1) is 5.92 Å². The smallest absolute Gasteiger partial charge is 0.200 e. The van der Waals surface area contributed by atoms with Gasteiger partial charge in [-0.05, 0) is 49.8 Å². The molecule has 1 aliphatic heterocycles. The van der Waals surface area contributed by atoms with Gasteiger partial charge in [0.25, 0.3) is 0 Å². The standard InChI is InChI=1S/C16H19NO4/c18-12-7-10-8(14(20)15(12)21)6-11-9-2-1-3-13(19)16(9,10)4-5-17-11/h7,9,11,17-18,20-21H,1-6H2/t9-,11+,16-/m0/s1. The summed E-state index contributed by atoms with van der Waals surface area (Å²) in [5.41, 5.74) is 0.765. The number of carbonyl (C=O) groups is 1. The molecule has 2 aliphatic carbocycles. The molecule has 5 heteroatoms. The summed E-state index contributed by atoms with van der Waals surface area (Å²) in [6.07, 6.45) is 3.75. The average Bonchev–Trinajstić information content (AvgIpc) is 2.47. The fraction of sp³-hybridized carbons (Fsp3) is 0.562. The molecule has 0 unspecified atom stereocenters. The van der Waals surface area contributed by atoms with Crippen LogP contribution in [0.1, 0.15) is 36.8 Å². The molecule has 3 aliphatic rings. The van der Waals surface area contributed by atoms with E-state index in [1.54, 1.807) is 0 Å². The van der Waals surface area contributed by atoms with E-state index < -0.39 is 11.2 Å². The number of carbonyl (C=O) groups excluding carboxylic acids is 1. The second kappa shape index (κ2) is 4.13. The van der Waals surface area contributed by atoms with E-state index in [1.165, 1.54) is 6.07 Å². The summed E-state index contributed by atoms with van der Waals surface area (Å²) in [7, 11) is 0. The number of phenols is 3. The lowest BCUT2D eigenvalue weighted by atomic mass is 9.52. The number of nitrogens with one attached hydrogen (secondary N) is 1. The van der Waals surface area contributed by atoms with Crippen LogP contribution in [0.4, 0.5) is 0 Å². The summed E-state index contributed by atoms with van der Waals surface area (Å²) in [4.78, 5) is 12.8. The predicted molar refractivity (Wildman–Crippen MR) is 75.6 cm³/mol. The fourth-order valence-electron chi connectivity index (χ4n) is 4.83. The molecule has 0 spiro atoms. The number of ketones is 1. The first-order valence-corrected chi connectivity index (χ1v) is 7.59. The maximum absolute atomic E-state index is 12.8. The highest BCUT2D eigenvalue weighted by molar-refractivity contribution is 5.93. The van der Waals surface area contributed by atoms with Gasteiger partial charge in [0.1, 0.15) is 5.78 Å². The monoisotopic (exact) mass is 289 g/mol. The van der Waals surface area contributed by atoms with E-state index in [9.17, 15) is 20.1 Å². The molecule has 5 nitrogen and oxygen atoms in total. The van der Waals surface area contributed by atoms with Gasteiger partial charge in [0.15, 0.2) is 11.5 Å². The van der Waals surface area contributed by atoms with Crippen molar-refractivity contribution in [1.82, 2.24) is 5.32 Å². The van der Waals surface area contributed by atoms with Crippen LogP contribution in [0.2, 0.25) is 0 Å². The molecule has 4 N–H and O–H groups in total. The topological polar surface area (TPSA) is 89.8 Å². The first kappa shape index (κ1) is 13.0. The van der Waals surface area contributed by atoms with Crippen molar-refractivity contribution < 1.29 is 20.1 Å². The highest BCUT2D eigenvalue weighted by Gasteiger charge is 2.57. The molecular weight excluding hydrogens is 270 g/mol. The summed E-state index contributed by atoms with van der Waals surface area (Å²) < 4.78 is 0. The minimum absolute atomic E-state index is 0.158. The Bertz CT molecular complexity index is 642. The third kappa shape index (κ3) is 1.47. The maximum Gasteiger partial charge on any atom is 0.200 e. The quantitative estimate of drug-likeness (QED) is 0.541. The average molecular weight is 289 g/mol. The van der Waals surface area contributed by atoms with Crippen LogP contribution in [-0.4, -0.2) is 33.7 Å². The van der Waals surface area contributed by atoms with Crippen LogP contribution >= 0.6 is 0 Å². The summed E-state index contributed by atoms with van der Waals surface area (Å²) in [5.74, 6) is -0.645. The number of hydrogen-bond acceptors (Lipinski definition) is 5. The van der Waals surface area contributed by atoms with Crippen LogP contribution in [0.3, 0.4) is 0 Å². The summed E-state index contributed by atoms with van der Waals surface area (Å²) >= 11 is 0. The lowest BCUT2D eigenvalue weighted by Crippen LogP contribution is -2.62. The molecule has 0 amide bonds. The number of aromatic hydroxyl groups is 3. The van der Waals surface area contributed by atoms with E-state index in [-0.39, 0.29) is 29.2 Å². The zero-order valence-corrected chi connectivity index (χ0v) is 11.7. The van der Waals surface area contributed by atoms with E-state index in [1.807, 2.05) is 0 Å². The van der Waals surface area contributed by atoms with Crippen molar-refractivity contribution in [2.75, 3.05) is 6.54 Å². The zero-order valence-electron chi connectivity index (χ0n) is 11.7. The van der Waals surface area contributed by atoms with Gasteiger partial charge in [-0.3, -0.25) is 4.79 Å². The molecule has 2 fully saturated rings. The third-order valence-corrected chi connectivity index (χ3v) is 5.72. The Balaban J connectivity index is 2.01. The summed E-state index contributed by atoms with van der Waals surface area (Å²) in [6.45, 7) is 0.773. The number of piperidine rings is 1. The predicted octanol–water partition coefficient (Wildman–Crippen LogP) is 1.33. The Kier molecular flexibility index (Phi) is 2.55. The Hall–Kier alpha value is -1.75. The molecule has 1 heterocycles. The lowest BCUT2D eigenvalue weighted by molar-refractivity contribution is -0.132. The minimum Gasteiger partial charge on any atom is -0.504 e. The first-order chi connectivity index (χ1) is 10.1. The van der Waals surface area contributed by atoms with Crippen LogP contribution in [-0.2, 0) is 16.6 Å². The van der Waals surface area contributed by atoms with Gasteiger partial charge in [-0.25, -0.2) is 0 Å². The van der Waals surface area contributed by atoms with E-state index in [0.717, 1.165) is 24.9 Å². The molecular formula is C16H19NO4. The van der Waals surface area contributed by atoms with Gasteiger partial charge in [-0.1, -0.05) is 0 Å². The normalized spacial score (nSPS) is 34.2. The number of phenolic OH excluding ortho intramolecular Hbond substituents is 3. The SMILES string of the molecule is O=C1CCC[C@H]2[C@H]3Cc4c(cc(O)c(O)c4O)[C@@]12CCN3. The van der Waals surface area contributed by atoms with Gasteiger partial charge < -0.3 is 20.6 Å². The van der Waals surface area contributed by atoms with Crippen LogP contribution in [0.5, 0.6) is 17.2 Å². The number of fused-ring (bicyclic) bond motifs is 1. The van der Waals surface area contributed by atoms with Crippen molar-refractivity contribution in [3.05, 3.63) is 17.2 Å². The van der Waals surface area contributed by atoms with E-state index in [0.29, 0.717) is 24.8 Å². The van der Waals surface area contributed by atoms with Gasteiger partial charge in [0.05, 0.1) is 5.41 Å². The summed E-state index contributed by atoms with van der Waals surface area (Å²) in [6, 6.07) is 1.66. The van der Waals surface area contributed by atoms with Crippen LogP contribution in [0.15, 0.2) is 6.07 Å². The number of hydrogen-bond donors (Lipinski definition) is 4. The van der Waals surface area contributed by atoms with Gasteiger partial charge in [0.2, 0.25) is 5.75 Å². The van der Waals surface area contributed by atoms with Crippen LogP contribution in [0.25, 0.3) is 0 Å². The second-order valence-electron chi connectivity index (χ2n) is 6.53. The Morgan fingerprint density at radius 3 is 2.86 bits per heavy atom. The molecule has 2 bridgehead atoms. The Morgan fingerprint density at radius 1 is 1.24 bits per heavy atom. The van der Waals surface area contributed by atoms with Crippen molar-refractivity contribution in [3.8, 4) is 17.2 Å². The van der Waals surface area contributed by atoms with Crippen molar-refractivity contribution in [2.24, 2.45) is 5.92 Å². The van der Waals surface area contributed by atoms with Gasteiger partial charge in [-0.15, -0.1) is 0 Å². The van der Waals surface area contributed by atoms with E-state index >= 15 is 0 Å². The first-order valence-electron chi connectivity index (χ1n) is 7.59. The minimum atomic E-state index is -0.593. The Labute approximate surface area is 122 Å². The highest BCUT2D eigenvalue weighted by Crippen LogP contribution is 2.56. The van der Waals surface area contributed by atoms with Gasteiger partial charge >= 0.3 is 0 Å². The van der Waals surface area contributed by atoms with Crippen molar-refractivity contribution in [3.63, 3.8) is 0 Å². The second-order valence-corrected chi connectivity index (χ2v) is 6.53. The third-order valence-electron chi connectivity index (χ3n) is 5.72. The number of benzene rings is 1. The van der Waals surface area contributed by atoms with Crippen LogP contribution < -0.4 is 5.32 Å². The number of Topliss-reactive ketones (excluding diaryl/α,β-unsaturated/α-hetero) is 1. The maximum atomic E-state index is 12.8. The molecule has 0 aromatic heterocycles. The fourth-order valence-corrected chi connectivity index (χ4v) is 4.83.